The van der Waals surface area contributed by atoms with Crippen molar-refractivity contribution in [3.63, 3.8) is 0 Å². The molecule has 10 heteroatoms. The summed E-state index contributed by atoms with van der Waals surface area (Å²) in [5, 5.41) is 6.44. The Kier molecular flexibility index (Phi) is 5.64. The van der Waals surface area contributed by atoms with Crippen molar-refractivity contribution in [1.29, 1.82) is 0 Å². The molecule has 1 N–H and O–H groups in total. The van der Waals surface area contributed by atoms with Gasteiger partial charge < -0.3 is 5.32 Å². The smallest absolute Gasteiger partial charge is 0.263 e. The first-order chi connectivity index (χ1) is 12.4. The number of carbonyl (C=O) groups is 1. The highest BCUT2D eigenvalue weighted by Crippen LogP contribution is 2.22. The van der Waals surface area contributed by atoms with Gasteiger partial charge in [0, 0.05) is 44.4 Å². The second-order valence-corrected chi connectivity index (χ2v) is 8.93. The quantitative estimate of drug-likeness (QED) is 0.819. The maximum absolute atomic E-state index is 12.9. The molecule has 0 atom stereocenters. The van der Waals surface area contributed by atoms with E-state index in [4.69, 9.17) is 0 Å². The Morgan fingerprint density at radius 2 is 1.92 bits per heavy atom. The predicted molar refractivity (Wildman–Crippen MR) is 96.9 cm³/mol. The maximum Gasteiger partial charge on any atom is 0.263 e. The third kappa shape index (κ3) is 4.08. The Hall–Kier alpha value is -1.91. The van der Waals surface area contributed by atoms with E-state index in [0.717, 1.165) is 11.5 Å². The number of amides is 1. The number of nitrogens with one attached hydrogen (secondary N) is 1. The fraction of sp³-hybridized carbons (Fsp3) is 0.375. The van der Waals surface area contributed by atoms with Gasteiger partial charge in [0.25, 0.3) is 15.9 Å². The summed E-state index contributed by atoms with van der Waals surface area (Å²) in [6.45, 7) is 0.967. The van der Waals surface area contributed by atoms with Gasteiger partial charge in [0.1, 0.15) is 5.82 Å². The van der Waals surface area contributed by atoms with Crippen LogP contribution in [0.4, 0.5) is 4.39 Å². The molecule has 1 saturated heterocycles. The highest BCUT2D eigenvalue weighted by molar-refractivity contribution is 7.99. The van der Waals surface area contributed by atoms with Crippen LogP contribution in [0.1, 0.15) is 15.9 Å². The van der Waals surface area contributed by atoms with Gasteiger partial charge in [-0.05, 0) is 17.7 Å². The van der Waals surface area contributed by atoms with Crippen molar-refractivity contribution >= 4 is 27.7 Å². The zero-order valence-corrected chi connectivity index (χ0v) is 15.8. The first-order valence-electron chi connectivity index (χ1n) is 8.02. The topological polar surface area (TPSA) is 84.3 Å². The summed E-state index contributed by atoms with van der Waals surface area (Å²) in [6, 6.07) is 5.72. The van der Waals surface area contributed by atoms with Crippen LogP contribution in [0.5, 0.6) is 0 Å². The number of carbonyl (C=O) groups excluding carboxylic acids is 1. The molecule has 0 spiro atoms. The van der Waals surface area contributed by atoms with Crippen molar-refractivity contribution in [3.05, 3.63) is 47.4 Å². The largest absolute Gasteiger partial charge is 0.348 e. The molecule has 1 aliphatic rings. The fourth-order valence-corrected chi connectivity index (χ4v) is 5.30. The van der Waals surface area contributed by atoms with Crippen LogP contribution in [0.25, 0.3) is 0 Å². The zero-order chi connectivity index (χ0) is 18.7. The van der Waals surface area contributed by atoms with E-state index in [0.29, 0.717) is 18.7 Å². The molecule has 2 aromatic rings. The van der Waals surface area contributed by atoms with Crippen molar-refractivity contribution in [3.8, 4) is 0 Å². The molecule has 1 aliphatic heterocycles. The average Bonchev–Trinajstić information content (AvgIpc) is 3.04. The van der Waals surface area contributed by atoms with Gasteiger partial charge >= 0.3 is 0 Å². The lowest BCUT2D eigenvalue weighted by Crippen LogP contribution is -2.39. The van der Waals surface area contributed by atoms with Crippen molar-refractivity contribution in [2.45, 2.75) is 11.6 Å². The molecule has 7 nitrogen and oxygen atoms in total. The lowest BCUT2D eigenvalue weighted by Gasteiger charge is -2.24. The zero-order valence-electron chi connectivity index (χ0n) is 14.2. The third-order valence-electron chi connectivity index (χ3n) is 3.96. The normalized spacial score (nSPS) is 15.8. The molecule has 0 aliphatic carbocycles. The van der Waals surface area contributed by atoms with Crippen LogP contribution in [-0.4, -0.2) is 53.0 Å². The third-order valence-corrected chi connectivity index (χ3v) is 6.74. The SMILES string of the molecule is Cn1cc(C(=O)NCc2ccc(F)cc2)c(S(=O)(=O)N2CCSCC2)n1. The predicted octanol–water partition coefficient (Wildman–Crippen LogP) is 1.23. The summed E-state index contributed by atoms with van der Waals surface area (Å²) in [5.74, 6) is 0.545. The number of hydrogen-bond donors (Lipinski definition) is 1. The standard InChI is InChI=1S/C16H19FN4O3S2/c1-20-11-14(15(22)18-10-12-2-4-13(17)5-3-12)16(19-20)26(23,24)21-6-8-25-9-7-21/h2-5,11H,6-10H2,1H3,(H,18,22). The fourth-order valence-electron chi connectivity index (χ4n) is 2.60. The van der Waals surface area contributed by atoms with Crippen LogP contribution in [0.3, 0.4) is 0 Å². The van der Waals surface area contributed by atoms with Crippen LogP contribution in [-0.2, 0) is 23.6 Å². The Morgan fingerprint density at radius 1 is 1.27 bits per heavy atom. The van der Waals surface area contributed by atoms with Crippen molar-refractivity contribution < 1.29 is 17.6 Å². The number of rotatable bonds is 5. The highest BCUT2D eigenvalue weighted by Gasteiger charge is 2.33. The first-order valence-corrected chi connectivity index (χ1v) is 10.6. The van der Waals surface area contributed by atoms with E-state index in [-0.39, 0.29) is 23.0 Å². The van der Waals surface area contributed by atoms with Gasteiger partial charge in [-0.2, -0.15) is 21.2 Å². The van der Waals surface area contributed by atoms with Crippen molar-refractivity contribution in [1.82, 2.24) is 19.4 Å². The summed E-state index contributed by atoms with van der Waals surface area (Å²) in [4.78, 5) is 12.5. The molecule has 3 rings (SSSR count). The number of aryl methyl sites for hydroxylation is 1. The molecule has 0 bridgehead atoms. The molecule has 1 aromatic heterocycles. The molecular formula is C16H19FN4O3S2. The molecule has 0 radical (unpaired) electrons. The number of aromatic nitrogens is 2. The Bertz CT molecular complexity index is 891. The lowest BCUT2D eigenvalue weighted by molar-refractivity contribution is 0.0947. The molecule has 0 saturated carbocycles. The first kappa shape index (κ1) is 18.9. The van der Waals surface area contributed by atoms with E-state index >= 15 is 0 Å². The van der Waals surface area contributed by atoms with Crippen LogP contribution in [0, 0.1) is 5.82 Å². The molecular weight excluding hydrogens is 379 g/mol. The number of thioether (sulfide) groups is 1. The molecule has 2 heterocycles. The molecule has 1 fully saturated rings. The van der Waals surface area contributed by atoms with Gasteiger partial charge in [-0.3, -0.25) is 9.48 Å². The maximum atomic E-state index is 12.9. The number of sulfonamides is 1. The Labute approximate surface area is 155 Å². The average molecular weight is 398 g/mol. The van der Waals surface area contributed by atoms with E-state index in [9.17, 15) is 17.6 Å². The van der Waals surface area contributed by atoms with Gasteiger partial charge in [-0.25, -0.2) is 12.8 Å². The number of nitrogens with zero attached hydrogens (tertiary/aromatic N) is 3. The summed E-state index contributed by atoms with van der Waals surface area (Å²) in [7, 11) is -2.26. The van der Waals surface area contributed by atoms with Crippen LogP contribution in [0.2, 0.25) is 0 Å². The summed E-state index contributed by atoms with van der Waals surface area (Å²) < 4.78 is 41.3. The Balaban J connectivity index is 1.79. The van der Waals surface area contributed by atoms with Crippen LogP contribution >= 0.6 is 11.8 Å². The van der Waals surface area contributed by atoms with Crippen LogP contribution < -0.4 is 5.32 Å². The van der Waals surface area contributed by atoms with E-state index in [2.05, 4.69) is 10.4 Å². The van der Waals surface area contributed by atoms with E-state index in [1.807, 2.05) is 0 Å². The minimum Gasteiger partial charge on any atom is -0.348 e. The second kappa shape index (κ2) is 7.77. The summed E-state index contributed by atoms with van der Waals surface area (Å²) in [5.41, 5.74) is 0.717. The van der Waals surface area contributed by atoms with Gasteiger partial charge in [-0.1, -0.05) is 12.1 Å². The highest BCUT2D eigenvalue weighted by atomic mass is 32.2. The molecule has 140 valence electrons. The lowest BCUT2D eigenvalue weighted by atomic mass is 10.2. The summed E-state index contributed by atoms with van der Waals surface area (Å²) in [6.07, 6.45) is 1.39. The molecule has 1 amide bonds. The van der Waals surface area contributed by atoms with Crippen molar-refractivity contribution in [2.75, 3.05) is 24.6 Å². The summed E-state index contributed by atoms with van der Waals surface area (Å²) >= 11 is 1.69. The van der Waals surface area contributed by atoms with Crippen molar-refractivity contribution in [2.24, 2.45) is 7.05 Å². The van der Waals surface area contributed by atoms with E-state index < -0.39 is 15.9 Å². The molecule has 26 heavy (non-hydrogen) atoms. The minimum atomic E-state index is -3.83. The number of hydrogen-bond acceptors (Lipinski definition) is 5. The second-order valence-electron chi connectivity index (χ2n) is 5.85. The minimum absolute atomic E-state index is 0.00726. The van der Waals surface area contributed by atoms with Gasteiger partial charge in [0.15, 0.2) is 0 Å². The number of benzene rings is 1. The number of halogens is 1. The van der Waals surface area contributed by atoms with E-state index in [1.54, 1.807) is 30.9 Å². The molecule has 0 unspecified atom stereocenters. The van der Waals surface area contributed by atoms with Gasteiger partial charge in [0.05, 0.1) is 5.56 Å². The monoisotopic (exact) mass is 398 g/mol. The van der Waals surface area contributed by atoms with Gasteiger partial charge in [-0.15, -0.1) is 0 Å². The van der Waals surface area contributed by atoms with E-state index in [1.165, 1.54) is 27.3 Å². The Morgan fingerprint density at radius 3 is 2.58 bits per heavy atom. The van der Waals surface area contributed by atoms with Gasteiger partial charge in [0.2, 0.25) is 5.03 Å². The molecule has 1 aromatic carbocycles. The van der Waals surface area contributed by atoms with Crippen LogP contribution in [0.15, 0.2) is 35.5 Å².